The highest BCUT2D eigenvalue weighted by atomic mass is 16.4. The van der Waals surface area contributed by atoms with E-state index in [1.807, 2.05) is 0 Å². The van der Waals surface area contributed by atoms with Crippen LogP contribution < -0.4 is 0 Å². The summed E-state index contributed by atoms with van der Waals surface area (Å²) < 4.78 is 0. The van der Waals surface area contributed by atoms with Gasteiger partial charge in [-0.2, -0.15) is 0 Å². The number of fused-ring (bicyclic) bond motifs is 1. The lowest BCUT2D eigenvalue weighted by atomic mass is 9.94. The molecular weight excluding hydrogens is 326 g/mol. The standard InChI is InChI=1S/C22H25NO3/c1-12(2)15-6-5-13(3)20-16(9-14(4)17(20)10-15)11-18-19(24)7-8-23-21(18)22(25)26/h5-6,9-12,19,24H,7-8H2,1-4H3,(H,25,26)/b18-11+/t19-/m0/s1. The van der Waals surface area contributed by atoms with Gasteiger partial charge in [0.1, 0.15) is 5.71 Å². The maximum Gasteiger partial charge on any atom is 0.354 e. The van der Waals surface area contributed by atoms with Crippen LogP contribution in [0.15, 0.2) is 34.8 Å². The zero-order valence-electron chi connectivity index (χ0n) is 15.7. The third-order valence-electron chi connectivity index (χ3n) is 5.07. The van der Waals surface area contributed by atoms with Gasteiger partial charge in [-0.15, -0.1) is 0 Å². The number of carboxylic acids is 1. The number of aliphatic carboxylic acids is 1. The first-order valence-corrected chi connectivity index (χ1v) is 9.01. The number of aliphatic hydroxyl groups excluding tert-OH is 1. The first-order chi connectivity index (χ1) is 12.3. The molecule has 1 atom stereocenters. The van der Waals surface area contributed by atoms with Gasteiger partial charge in [0.05, 0.1) is 6.10 Å². The van der Waals surface area contributed by atoms with Crippen molar-refractivity contribution in [3.8, 4) is 11.1 Å². The summed E-state index contributed by atoms with van der Waals surface area (Å²) in [6.07, 6.45) is 1.45. The van der Waals surface area contributed by atoms with Crippen LogP contribution in [0, 0.1) is 13.8 Å². The van der Waals surface area contributed by atoms with Crippen molar-refractivity contribution in [1.29, 1.82) is 0 Å². The molecule has 0 spiro atoms. The smallest absolute Gasteiger partial charge is 0.354 e. The molecule has 2 aliphatic carbocycles. The fourth-order valence-electron chi connectivity index (χ4n) is 3.58. The summed E-state index contributed by atoms with van der Waals surface area (Å²) in [6, 6.07) is 8.54. The van der Waals surface area contributed by atoms with Crippen molar-refractivity contribution in [3.63, 3.8) is 0 Å². The highest BCUT2D eigenvalue weighted by Crippen LogP contribution is 2.37. The summed E-state index contributed by atoms with van der Waals surface area (Å²) in [5, 5.41) is 19.8. The van der Waals surface area contributed by atoms with Crippen molar-refractivity contribution in [2.24, 2.45) is 4.99 Å². The quantitative estimate of drug-likeness (QED) is 0.870. The maximum atomic E-state index is 11.5. The number of carboxylic acid groups (broad SMARTS) is 1. The van der Waals surface area contributed by atoms with E-state index in [0.29, 0.717) is 24.5 Å². The maximum absolute atomic E-state index is 11.5. The molecular formula is C22H25NO3. The highest BCUT2D eigenvalue weighted by molar-refractivity contribution is 6.44. The number of aryl methyl sites for hydroxylation is 2. The summed E-state index contributed by atoms with van der Waals surface area (Å²) in [4.78, 5) is 15.6. The van der Waals surface area contributed by atoms with Gasteiger partial charge in [0.2, 0.25) is 0 Å². The van der Waals surface area contributed by atoms with Crippen LogP contribution in [0.5, 0.6) is 0 Å². The summed E-state index contributed by atoms with van der Waals surface area (Å²) in [5.41, 5.74) is 7.11. The molecule has 0 fully saturated rings. The van der Waals surface area contributed by atoms with E-state index in [2.05, 4.69) is 57.0 Å². The summed E-state index contributed by atoms with van der Waals surface area (Å²) >= 11 is 0. The van der Waals surface area contributed by atoms with E-state index >= 15 is 0 Å². The van der Waals surface area contributed by atoms with Gasteiger partial charge in [0, 0.05) is 12.1 Å². The Morgan fingerprint density at radius 1 is 1.23 bits per heavy atom. The predicted octanol–water partition coefficient (Wildman–Crippen LogP) is 4.21. The Kier molecular flexibility index (Phi) is 4.97. The highest BCUT2D eigenvalue weighted by Gasteiger charge is 2.27. The van der Waals surface area contributed by atoms with E-state index in [1.165, 1.54) is 11.1 Å². The van der Waals surface area contributed by atoms with E-state index in [1.54, 1.807) is 6.08 Å². The van der Waals surface area contributed by atoms with Gasteiger partial charge in [0.15, 0.2) is 0 Å². The molecule has 4 nitrogen and oxygen atoms in total. The second-order valence-electron chi connectivity index (χ2n) is 7.33. The molecule has 0 aromatic heterocycles. The summed E-state index contributed by atoms with van der Waals surface area (Å²) in [6.45, 7) is 8.82. The van der Waals surface area contributed by atoms with Gasteiger partial charge in [-0.25, -0.2) is 4.79 Å². The van der Waals surface area contributed by atoms with Gasteiger partial charge in [-0.1, -0.05) is 38.1 Å². The van der Waals surface area contributed by atoms with Gasteiger partial charge in [-0.05, 0) is 65.6 Å². The molecule has 3 rings (SSSR count). The number of carbonyl (C=O) groups is 1. The minimum absolute atomic E-state index is 0.0309. The molecule has 0 aromatic carbocycles. The molecule has 0 bridgehead atoms. The minimum Gasteiger partial charge on any atom is -0.477 e. The molecule has 0 unspecified atom stereocenters. The molecule has 0 saturated heterocycles. The van der Waals surface area contributed by atoms with E-state index in [9.17, 15) is 15.0 Å². The molecule has 0 amide bonds. The van der Waals surface area contributed by atoms with Crippen LogP contribution in [0.3, 0.4) is 0 Å². The van der Waals surface area contributed by atoms with Crippen LogP contribution in [0.4, 0.5) is 0 Å². The summed E-state index contributed by atoms with van der Waals surface area (Å²) in [7, 11) is 0. The molecule has 0 saturated carbocycles. The monoisotopic (exact) mass is 351 g/mol. The van der Waals surface area contributed by atoms with Crippen molar-refractivity contribution in [2.45, 2.75) is 46.1 Å². The first kappa shape index (κ1) is 18.3. The van der Waals surface area contributed by atoms with Gasteiger partial charge < -0.3 is 10.2 Å². The number of hydrogen-bond acceptors (Lipinski definition) is 3. The Bertz CT molecular complexity index is 893. The van der Waals surface area contributed by atoms with Crippen molar-refractivity contribution >= 4 is 17.8 Å². The van der Waals surface area contributed by atoms with Crippen LogP contribution >= 0.6 is 0 Å². The van der Waals surface area contributed by atoms with Gasteiger partial charge in [0.25, 0.3) is 0 Å². The minimum atomic E-state index is -1.09. The predicted molar refractivity (Wildman–Crippen MR) is 105 cm³/mol. The second-order valence-corrected chi connectivity index (χ2v) is 7.33. The summed E-state index contributed by atoms with van der Waals surface area (Å²) in [5.74, 6) is -0.668. The van der Waals surface area contributed by atoms with Gasteiger partial charge in [-0.3, -0.25) is 4.99 Å². The van der Waals surface area contributed by atoms with Crippen LogP contribution in [0.1, 0.15) is 48.4 Å². The van der Waals surface area contributed by atoms with Crippen molar-refractivity contribution < 1.29 is 15.0 Å². The topological polar surface area (TPSA) is 69.9 Å². The third-order valence-corrected chi connectivity index (χ3v) is 5.07. The third kappa shape index (κ3) is 3.29. The Morgan fingerprint density at radius 3 is 2.62 bits per heavy atom. The Labute approximate surface area is 154 Å². The lowest BCUT2D eigenvalue weighted by molar-refractivity contribution is -0.129. The average molecular weight is 351 g/mol. The zero-order valence-corrected chi connectivity index (χ0v) is 15.7. The lowest BCUT2D eigenvalue weighted by Crippen LogP contribution is -2.29. The fraction of sp³-hybridized carbons (Fsp3) is 0.364. The molecule has 26 heavy (non-hydrogen) atoms. The fourth-order valence-corrected chi connectivity index (χ4v) is 3.58. The molecule has 1 heterocycles. The molecule has 136 valence electrons. The Hall–Kier alpha value is -2.46. The molecule has 2 N–H and O–H groups in total. The number of hydrogen-bond donors (Lipinski definition) is 2. The number of nitrogens with zero attached hydrogens (tertiary/aromatic N) is 1. The Balaban J connectivity index is 2.20. The van der Waals surface area contributed by atoms with Crippen LogP contribution in [0.25, 0.3) is 17.2 Å². The van der Waals surface area contributed by atoms with Crippen molar-refractivity contribution in [3.05, 3.63) is 52.1 Å². The lowest BCUT2D eigenvalue weighted by Gasteiger charge is -2.19. The molecule has 1 aliphatic heterocycles. The van der Waals surface area contributed by atoms with Crippen molar-refractivity contribution in [2.75, 3.05) is 6.54 Å². The zero-order chi connectivity index (χ0) is 19.0. The Morgan fingerprint density at radius 2 is 1.96 bits per heavy atom. The average Bonchev–Trinajstić information content (AvgIpc) is 2.75. The molecule has 4 heteroatoms. The van der Waals surface area contributed by atoms with Crippen LogP contribution in [0.2, 0.25) is 0 Å². The number of aliphatic imine (C=N–C) groups is 1. The second kappa shape index (κ2) is 7.04. The van der Waals surface area contributed by atoms with Gasteiger partial charge >= 0.3 is 5.97 Å². The number of aliphatic hydroxyl groups is 1. The normalized spacial score (nSPS) is 19.2. The first-order valence-electron chi connectivity index (χ1n) is 9.01. The van der Waals surface area contributed by atoms with E-state index in [-0.39, 0.29) is 5.71 Å². The van der Waals surface area contributed by atoms with Crippen LogP contribution in [-0.4, -0.2) is 34.5 Å². The SMILES string of the molecule is Cc1cc(/C=C2/C(C(=O)O)=NCC[C@@H]2O)c2c(C)ccc(C(C)C)cc1-2. The molecule has 0 aromatic rings. The molecule has 3 aliphatic rings. The molecule has 0 radical (unpaired) electrons. The largest absolute Gasteiger partial charge is 0.477 e. The van der Waals surface area contributed by atoms with E-state index in [4.69, 9.17) is 0 Å². The van der Waals surface area contributed by atoms with Crippen molar-refractivity contribution in [1.82, 2.24) is 0 Å². The van der Waals surface area contributed by atoms with E-state index < -0.39 is 12.1 Å². The van der Waals surface area contributed by atoms with Crippen LogP contribution in [-0.2, 0) is 4.79 Å². The number of rotatable bonds is 3. The van der Waals surface area contributed by atoms with E-state index in [0.717, 1.165) is 22.3 Å².